The van der Waals surface area contributed by atoms with Crippen molar-refractivity contribution in [2.24, 2.45) is 0 Å². The van der Waals surface area contributed by atoms with Crippen LogP contribution in [0.1, 0.15) is 23.1 Å². The zero-order valence-electron chi connectivity index (χ0n) is 9.58. The van der Waals surface area contributed by atoms with E-state index in [-0.39, 0.29) is 12.5 Å². The maximum Gasteiger partial charge on any atom is 0.319 e. The first-order chi connectivity index (χ1) is 7.79. The quantitative estimate of drug-likeness (QED) is 0.779. The molecule has 0 atom stereocenters. The summed E-state index contributed by atoms with van der Waals surface area (Å²) in [5.74, 6) is -0.221. The van der Waals surface area contributed by atoms with Gasteiger partial charge in [-0.1, -0.05) is 18.2 Å². The summed E-state index contributed by atoms with van der Waals surface area (Å²) < 4.78 is 4.56. The Hall–Kier alpha value is -1.35. The molecule has 3 heteroatoms. The topological polar surface area (TPSA) is 38.3 Å². The van der Waals surface area contributed by atoms with Gasteiger partial charge in [-0.15, -0.1) is 0 Å². The van der Waals surface area contributed by atoms with Crippen molar-refractivity contribution in [1.29, 1.82) is 0 Å². The molecule has 0 saturated heterocycles. The van der Waals surface area contributed by atoms with Gasteiger partial charge in [0.25, 0.3) is 0 Å². The van der Waals surface area contributed by atoms with Gasteiger partial charge in [0.15, 0.2) is 0 Å². The van der Waals surface area contributed by atoms with Gasteiger partial charge in [0.1, 0.15) is 0 Å². The average Bonchev–Trinajstić information content (AvgIpc) is 2.76. The Morgan fingerprint density at radius 2 is 2.19 bits per heavy atom. The molecule has 0 spiro atoms. The molecule has 16 heavy (non-hydrogen) atoms. The number of aryl methyl sites for hydroxylation is 2. The Labute approximate surface area is 95.8 Å². The first kappa shape index (κ1) is 11.1. The Morgan fingerprint density at radius 3 is 3.00 bits per heavy atom. The van der Waals surface area contributed by atoms with E-state index in [1.165, 1.54) is 43.1 Å². The number of ether oxygens (including phenoxy) is 1. The van der Waals surface area contributed by atoms with Gasteiger partial charge >= 0.3 is 5.97 Å². The van der Waals surface area contributed by atoms with Crippen LogP contribution in [0.15, 0.2) is 18.2 Å². The molecule has 3 nitrogen and oxygen atoms in total. The highest BCUT2D eigenvalue weighted by atomic mass is 16.5. The number of carbonyl (C=O) groups is 1. The Kier molecular flexibility index (Phi) is 3.57. The number of rotatable bonds is 4. The summed E-state index contributed by atoms with van der Waals surface area (Å²) in [6.45, 7) is 0.996. The summed E-state index contributed by atoms with van der Waals surface area (Å²) in [5, 5.41) is 3.07. The molecule has 0 radical (unpaired) electrons. The third-order valence-electron chi connectivity index (χ3n) is 2.99. The van der Waals surface area contributed by atoms with E-state index in [9.17, 15) is 4.79 Å². The van der Waals surface area contributed by atoms with Crippen LogP contribution in [-0.4, -0.2) is 19.6 Å². The first-order valence-corrected chi connectivity index (χ1v) is 5.68. The molecule has 0 aromatic heterocycles. The van der Waals surface area contributed by atoms with Crippen molar-refractivity contribution in [2.75, 3.05) is 13.7 Å². The number of hydrogen-bond acceptors (Lipinski definition) is 3. The predicted octanol–water partition coefficient (Wildman–Crippen LogP) is 1.44. The Morgan fingerprint density at radius 1 is 1.38 bits per heavy atom. The second-order valence-electron chi connectivity index (χ2n) is 4.14. The molecule has 0 amide bonds. The number of nitrogens with one attached hydrogen (secondary N) is 1. The number of benzene rings is 1. The molecule has 2 rings (SSSR count). The van der Waals surface area contributed by atoms with Crippen molar-refractivity contribution in [3.05, 3.63) is 34.9 Å². The molecule has 0 unspecified atom stereocenters. The molecule has 1 aliphatic rings. The molecule has 1 N–H and O–H groups in total. The fourth-order valence-electron chi connectivity index (χ4n) is 2.12. The maximum absolute atomic E-state index is 10.9. The number of fused-ring (bicyclic) bond motifs is 1. The monoisotopic (exact) mass is 219 g/mol. The highest BCUT2D eigenvalue weighted by molar-refractivity contribution is 5.71. The molecule has 0 fully saturated rings. The summed E-state index contributed by atoms with van der Waals surface area (Å²) in [7, 11) is 1.40. The third-order valence-corrected chi connectivity index (χ3v) is 2.99. The smallest absolute Gasteiger partial charge is 0.319 e. The summed E-state index contributed by atoms with van der Waals surface area (Å²) >= 11 is 0. The Bertz CT molecular complexity index is 388. The second-order valence-corrected chi connectivity index (χ2v) is 4.14. The van der Waals surface area contributed by atoms with Crippen LogP contribution >= 0.6 is 0 Å². The van der Waals surface area contributed by atoms with Gasteiger partial charge in [-0.3, -0.25) is 4.79 Å². The average molecular weight is 219 g/mol. The van der Waals surface area contributed by atoms with Crippen LogP contribution in [0.4, 0.5) is 0 Å². The summed E-state index contributed by atoms with van der Waals surface area (Å²) in [6, 6.07) is 6.58. The minimum atomic E-state index is -0.221. The van der Waals surface area contributed by atoms with Crippen molar-refractivity contribution in [3.8, 4) is 0 Å². The van der Waals surface area contributed by atoms with Gasteiger partial charge in [0.05, 0.1) is 13.7 Å². The lowest BCUT2D eigenvalue weighted by atomic mass is 10.1. The zero-order valence-corrected chi connectivity index (χ0v) is 9.58. The second kappa shape index (κ2) is 5.12. The number of hydrogen-bond donors (Lipinski definition) is 1. The number of methoxy groups -OCH3 is 1. The fourth-order valence-corrected chi connectivity index (χ4v) is 2.12. The first-order valence-electron chi connectivity index (χ1n) is 5.68. The number of esters is 1. The number of carbonyl (C=O) groups excluding carboxylic acids is 1. The molecule has 1 aliphatic carbocycles. The fraction of sp³-hybridized carbons (Fsp3) is 0.462. The van der Waals surface area contributed by atoms with E-state index in [0.29, 0.717) is 0 Å². The highest BCUT2D eigenvalue weighted by Crippen LogP contribution is 2.22. The van der Waals surface area contributed by atoms with E-state index in [1.807, 2.05) is 0 Å². The summed E-state index contributed by atoms with van der Waals surface area (Å²) in [6.07, 6.45) is 3.68. The molecule has 0 heterocycles. The van der Waals surface area contributed by atoms with Crippen LogP contribution in [0.2, 0.25) is 0 Å². The molecular weight excluding hydrogens is 202 g/mol. The summed E-state index contributed by atoms with van der Waals surface area (Å²) in [5.41, 5.74) is 4.19. The summed E-state index contributed by atoms with van der Waals surface area (Å²) in [4.78, 5) is 10.9. The molecular formula is C13H17NO2. The van der Waals surface area contributed by atoms with Crippen LogP contribution in [0.25, 0.3) is 0 Å². The maximum atomic E-state index is 10.9. The Balaban J connectivity index is 1.88. The van der Waals surface area contributed by atoms with E-state index in [2.05, 4.69) is 28.3 Å². The molecule has 0 saturated carbocycles. The van der Waals surface area contributed by atoms with Crippen LogP contribution in [0.5, 0.6) is 0 Å². The van der Waals surface area contributed by atoms with Gasteiger partial charge in [-0.25, -0.2) is 0 Å². The van der Waals surface area contributed by atoms with Crippen LogP contribution in [0.3, 0.4) is 0 Å². The van der Waals surface area contributed by atoms with E-state index < -0.39 is 0 Å². The lowest BCUT2D eigenvalue weighted by molar-refractivity contribution is -0.139. The molecule has 1 aromatic carbocycles. The van der Waals surface area contributed by atoms with Gasteiger partial charge in [0.2, 0.25) is 0 Å². The minimum Gasteiger partial charge on any atom is -0.468 e. The van der Waals surface area contributed by atoms with Gasteiger partial charge < -0.3 is 10.1 Å². The van der Waals surface area contributed by atoms with E-state index >= 15 is 0 Å². The van der Waals surface area contributed by atoms with Crippen molar-refractivity contribution >= 4 is 5.97 Å². The van der Waals surface area contributed by atoms with Crippen molar-refractivity contribution < 1.29 is 9.53 Å². The largest absolute Gasteiger partial charge is 0.468 e. The van der Waals surface area contributed by atoms with Crippen LogP contribution in [-0.2, 0) is 28.9 Å². The normalized spacial score (nSPS) is 13.6. The lowest BCUT2D eigenvalue weighted by Gasteiger charge is -2.06. The van der Waals surface area contributed by atoms with Gasteiger partial charge in [0, 0.05) is 6.54 Å². The SMILES string of the molecule is COC(=O)CNCc1ccc2c(c1)CCC2. The van der Waals surface area contributed by atoms with Gasteiger partial charge in [-0.2, -0.15) is 0 Å². The van der Waals surface area contributed by atoms with Crippen molar-refractivity contribution in [2.45, 2.75) is 25.8 Å². The van der Waals surface area contributed by atoms with Crippen LogP contribution < -0.4 is 5.32 Å². The third kappa shape index (κ3) is 2.61. The molecule has 0 bridgehead atoms. The predicted molar refractivity (Wildman–Crippen MR) is 62.2 cm³/mol. The van der Waals surface area contributed by atoms with Gasteiger partial charge in [-0.05, 0) is 36.0 Å². The highest BCUT2D eigenvalue weighted by Gasteiger charge is 2.10. The molecule has 86 valence electrons. The molecule has 1 aromatic rings. The standard InChI is InChI=1S/C13H17NO2/c1-16-13(15)9-14-8-10-5-6-11-3-2-4-12(11)7-10/h5-7,14H,2-4,8-9H2,1H3. The van der Waals surface area contributed by atoms with Crippen LogP contribution in [0, 0.1) is 0 Å². The lowest BCUT2D eigenvalue weighted by Crippen LogP contribution is -2.23. The molecule has 0 aliphatic heterocycles. The minimum absolute atomic E-state index is 0.221. The van der Waals surface area contributed by atoms with E-state index in [0.717, 1.165) is 6.54 Å². The van der Waals surface area contributed by atoms with E-state index in [1.54, 1.807) is 0 Å². The van der Waals surface area contributed by atoms with E-state index in [4.69, 9.17) is 0 Å². The van der Waals surface area contributed by atoms with Crippen molar-refractivity contribution in [1.82, 2.24) is 5.32 Å². The zero-order chi connectivity index (χ0) is 11.4. The van der Waals surface area contributed by atoms with Crippen molar-refractivity contribution in [3.63, 3.8) is 0 Å².